The lowest BCUT2D eigenvalue weighted by atomic mass is 9.99. The molecule has 0 radical (unpaired) electrons. The summed E-state index contributed by atoms with van der Waals surface area (Å²) in [6, 6.07) is 9.30. The normalized spacial score (nSPS) is 22.0. The van der Waals surface area contributed by atoms with Crippen LogP contribution in [0.1, 0.15) is 16.9 Å². The molecule has 5 nitrogen and oxygen atoms in total. The fraction of sp³-hybridized carbons (Fsp3) is 0.286. The van der Waals surface area contributed by atoms with E-state index in [1.807, 2.05) is 24.3 Å². The van der Waals surface area contributed by atoms with Gasteiger partial charge in [-0.15, -0.1) is 0 Å². The molecule has 20 heavy (non-hydrogen) atoms. The van der Waals surface area contributed by atoms with E-state index >= 15 is 0 Å². The molecule has 1 aromatic heterocycles. The number of benzene rings is 1. The average molecular weight is 290 g/mol. The molecular weight excluding hydrogens is 276 g/mol. The van der Waals surface area contributed by atoms with Crippen LogP contribution in [0.3, 0.4) is 0 Å². The third-order valence-electron chi connectivity index (χ3n) is 3.56. The number of amides is 1. The Morgan fingerprint density at radius 2 is 2.15 bits per heavy atom. The zero-order valence-corrected chi connectivity index (χ0v) is 11.5. The maximum absolute atomic E-state index is 12.3. The van der Waals surface area contributed by atoms with Crippen molar-refractivity contribution in [1.82, 2.24) is 10.3 Å². The Kier molecular flexibility index (Phi) is 3.17. The molecular formula is C14H14N2O3S. The lowest BCUT2D eigenvalue weighted by Gasteiger charge is -2.24. The van der Waals surface area contributed by atoms with Crippen molar-refractivity contribution in [1.29, 1.82) is 0 Å². The van der Waals surface area contributed by atoms with E-state index < -0.39 is 11.5 Å². The first-order valence-corrected chi connectivity index (χ1v) is 7.48. The van der Waals surface area contributed by atoms with Gasteiger partial charge in [0.2, 0.25) is 0 Å². The summed E-state index contributed by atoms with van der Waals surface area (Å²) in [4.78, 5) is 26.7. The van der Waals surface area contributed by atoms with Crippen LogP contribution >= 0.6 is 11.8 Å². The molecule has 1 saturated heterocycles. The maximum Gasteiger partial charge on any atom is 0.330 e. The number of aromatic nitrogens is 1. The molecule has 1 aliphatic heterocycles. The second kappa shape index (κ2) is 4.86. The molecule has 2 heterocycles. The van der Waals surface area contributed by atoms with Crippen LogP contribution in [-0.4, -0.2) is 39.0 Å². The van der Waals surface area contributed by atoms with Gasteiger partial charge >= 0.3 is 5.97 Å². The lowest BCUT2D eigenvalue weighted by molar-refractivity contribution is -0.143. The number of nitrogens with one attached hydrogen (secondary N) is 2. The summed E-state index contributed by atoms with van der Waals surface area (Å²) >= 11 is 1.55. The van der Waals surface area contributed by atoms with Gasteiger partial charge in [-0.2, -0.15) is 11.8 Å². The van der Waals surface area contributed by atoms with Crippen molar-refractivity contribution in [2.24, 2.45) is 0 Å². The summed E-state index contributed by atoms with van der Waals surface area (Å²) < 4.78 is 0. The van der Waals surface area contributed by atoms with Crippen molar-refractivity contribution in [3.05, 3.63) is 36.0 Å². The highest BCUT2D eigenvalue weighted by Gasteiger charge is 2.43. The van der Waals surface area contributed by atoms with Gasteiger partial charge in [0, 0.05) is 16.7 Å². The SMILES string of the molecule is O=C(N[C@@]1(C(=O)O)CCSC1)c1cc2ccccc2[nH]1. The number of carbonyl (C=O) groups excluding carboxylic acids is 1. The molecule has 1 atom stereocenters. The lowest BCUT2D eigenvalue weighted by Crippen LogP contribution is -2.54. The Hall–Kier alpha value is -1.95. The Labute approximate surface area is 119 Å². The molecule has 3 rings (SSSR count). The van der Waals surface area contributed by atoms with Gasteiger partial charge in [-0.3, -0.25) is 4.79 Å². The van der Waals surface area contributed by atoms with E-state index in [1.54, 1.807) is 17.8 Å². The molecule has 1 aromatic carbocycles. The molecule has 0 saturated carbocycles. The minimum atomic E-state index is -1.14. The molecule has 6 heteroatoms. The Balaban J connectivity index is 1.87. The number of hydrogen-bond donors (Lipinski definition) is 3. The predicted octanol–water partition coefficient (Wildman–Crippen LogP) is 1.86. The van der Waals surface area contributed by atoms with Crippen LogP contribution < -0.4 is 5.32 Å². The van der Waals surface area contributed by atoms with E-state index in [9.17, 15) is 14.7 Å². The number of carboxylic acid groups (broad SMARTS) is 1. The molecule has 104 valence electrons. The topological polar surface area (TPSA) is 82.2 Å². The number of aromatic amines is 1. The molecule has 3 N–H and O–H groups in total. The fourth-order valence-electron chi connectivity index (χ4n) is 2.37. The third-order valence-corrected chi connectivity index (χ3v) is 4.75. The van der Waals surface area contributed by atoms with Crippen molar-refractivity contribution < 1.29 is 14.7 Å². The molecule has 1 fully saturated rings. The average Bonchev–Trinajstić information content (AvgIpc) is 3.05. The second-order valence-electron chi connectivity index (χ2n) is 4.91. The summed E-state index contributed by atoms with van der Waals surface area (Å²) in [7, 11) is 0. The quantitative estimate of drug-likeness (QED) is 0.806. The van der Waals surface area contributed by atoms with Crippen LogP contribution in [0.2, 0.25) is 0 Å². The van der Waals surface area contributed by atoms with Crippen molar-refractivity contribution in [3.63, 3.8) is 0 Å². The Bertz CT molecular complexity index is 641. The predicted molar refractivity (Wildman–Crippen MR) is 78.1 cm³/mol. The number of aliphatic carboxylic acids is 1. The van der Waals surface area contributed by atoms with Crippen molar-refractivity contribution in [2.75, 3.05) is 11.5 Å². The van der Waals surface area contributed by atoms with Gasteiger partial charge < -0.3 is 15.4 Å². The van der Waals surface area contributed by atoms with E-state index in [0.717, 1.165) is 16.7 Å². The number of thioether (sulfide) groups is 1. The van der Waals surface area contributed by atoms with Gasteiger partial charge in [-0.05, 0) is 24.3 Å². The highest BCUT2D eigenvalue weighted by Crippen LogP contribution is 2.28. The highest BCUT2D eigenvalue weighted by atomic mass is 32.2. The van der Waals surface area contributed by atoms with Gasteiger partial charge in [-0.25, -0.2) is 4.79 Å². The molecule has 0 aliphatic carbocycles. The van der Waals surface area contributed by atoms with Crippen LogP contribution in [0.25, 0.3) is 10.9 Å². The minimum Gasteiger partial charge on any atom is -0.479 e. The number of fused-ring (bicyclic) bond motifs is 1. The summed E-state index contributed by atoms with van der Waals surface area (Å²) in [6.45, 7) is 0. The van der Waals surface area contributed by atoms with E-state index in [4.69, 9.17) is 0 Å². The van der Waals surface area contributed by atoms with Crippen LogP contribution in [-0.2, 0) is 4.79 Å². The first kappa shape index (κ1) is 13.1. The molecule has 1 amide bonds. The fourth-order valence-corrected chi connectivity index (χ4v) is 3.69. The van der Waals surface area contributed by atoms with Crippen molar-refractivity contribution in [3.8, 4) is 0 Å². The van der Waals surface area contributed by atoms with Gasteiger partial charge in [0.25, 0.3) is 5.91 Å². The van der Waals surface area contributed by atoms with Gasteiger partial charge in [0.05, 0.1) is 0 Å². The van der Waals surface area contributed by atoms with Crippen molar-refractivity contribution in [2.45, 2.75) is 12.0 Å². The summed E-state index contributed by atoms with van der Waals surface area (Å²) in [5.74, 6) is -0.175. The number of rotatable bonds is 3. The number of carbonyl (C=O) groups is 2. The zero-order valence-electron chi connectivity index (χ0n) is 10.7. The first-order valence-electron chi connectivity index (χ1n) is 6.32. The molecule has 0 spiro atoms. The van der Waals surface area contributed by atoms with Crippen LogP contribution in [0.15, 0.2) is 30.3 Å². The van der Waals surface area contributed by atoms with Crippen molar-refractivity contribution >= 4 is 34.5 Å². The smallest absolute Gasteiger partial charge is 0.330 e. The zero-order chi connectivity index (χ0) is 14.2. The van der Waals surface area contributed by atoms with E-state index in [2.05, 4.69) is 10.3 Å². The molecule has 1 aliphatic rings. The monoisotopic (exact) mass is 290 g/mol. The maximum atomic E-state index is 12.3. The third kappa shape index (κ3) is 2.16. The Morgan fingerprint density at radius 1 is 1.35 bits per heavy atom. The minimum absolute atomic E-state index is 0.369. The number of H-pyrrole nitrogens is 1. The van der Waals surface area contributed by atoms with Crippen LogP contribution in [0, 0.1) is 0 Å². The highest BCUT2D eigenvalue weighted by molar-refractivity contribution is 7.99. The number of para-hydroxylation sites is 1. The first-order chi connectivity index (χ1) is 9.61. The van der Waals surface area contributed by atoms with Crippen LogP contribution in [0.5, 0.6) is 0 Å². The molecule has 0 unspecified atom stereocenters. The number of carboxylic acids is 1. The summed E-state index contributed by atoms with van der Waals surface area (Å²) in [6.07, 6.45) is 0.457. The van der Waals surface area contributed by atoms with Gasteiger partial charge in [0.15, 0.2) is 0 Å². The summed E-state index contributed by atoms with van der Waals surface area (Å²) in [5.41, 5.74) is 0.116. The molecule has 2 aromatic rings. The van der Waals surface area contributed by atoms with E-state index in [-0.39, 0.29) is 5.91 Å². The Morgan fingerprint density at radius 3 is 2.80 bits per heavy atom. The second-order valence-corrected chi connectivity index (χ2v) is 6.02. The summed E-state index contributed by atoms with van der Waals surface area (Å²) in [5, 5.41) is 13.0. The van der Waals surface area contributed by atoms with Crippen LogP contribution in [0.4, 0.5) is 0 Å². The largest absolute Gasteiger partial charge is 0.479 e. The molecule has 0 bridgehead atoms. The standard InChI is InChI=1S/C14H14N2O3S/c17-12(16-14(13(18)19)5-6-20-8-14)11-7-9-3-1-2-4-10(9)15-11/h1-4,7,15H,5-6,8H2,(H,16,17)(H,18,19)/t14-/m0/s1. The van der Waals surface area contributed by atoms with Gasteiger partial charge in [0.1, 0.15) is 11.2 Å². The van der Waals surface area contributed by atoms with E-state index in [0.29, 0.717) is 17.9 Å². The van der Waals surface area contributed by atoms with Gasteiger partial charge in [-0.1, -0.05) is 18.2 Å². The van der Waals surface area contributed by atoms with E-state index in [1.165, 1.54) is 0 Å². The number of hydrogen-bond acceptors (Lipinski definition) is 3.